The SMILES string of the molecule is CC1CNCC1CN1CCC(N2CCCCC2)CC1. The minimum absolute atomic E-state index is 0.875. The maximum atomic E-state index is 3.54. The summed E-state index contributed by atoms with van der Waals surface area (Å²) < 4.78 is 0. The summed E-state index contributed by atoms with van der Waals surface area (Å²) in [5, 5.41) is 3.54. The van der Waals surface area contributed by atoms with Crippen LogP contribution >= 0.6 is 0 Å². The van der Waals surface area contributed by atoms with Gasteiger partial charge in [0.25, 0.3) is 0 Å². The minimum atomic E-state index is 0.875. The Kier molecular flexibility index (Phi) is 4.78. The number of piperidine rings is 2. The van der Waals surface area contributed by atoms with Crippen molar-refractivity contribution in [3.05, 3.63) is 0 Å². The fourth-order valence-corrected chi connectivity index (χ4v) is 4.19. The Balaban J connectivity index is 1.41. The largest absolute Gasteiger partial charge is 0.316 e. The molecule has 0 aromatic rings. The molecule has 0 aromatic carbocycles. The van der Waals surface area contributed by atoms with Crippen molar-refractivity contribution < 1.29 is 0 Å². The van der Waals surface area contributed by atoms with Gasteiger partial charge in [-0.2, -0.15) is 0 Å². The molecule has 3 heteroatoms. The summed E-state index contributed by atoms with van der Waals surface area (Å²) in [5.41, 5.74) is 0. The number of nitrogens with one attached hydrogen (secondary N) is 1. The number of hydrogen-bond acceptors (Lipinski definition) is 3. The third-order valence-corrected chi connectivity index (χ3v) is 5.63. The van der Waals surface area contributed by atoms with Crippen molar-refractivity contribution in [3.63, 3.8) is 0 Å². The summed E-state index contributed by atoms with van der Waals surface area (Å²) in [4.78, 5) is 5.51. The van der Waals surface area contributed by atoms with Crippen LogP contribution in [0.5, 0.6) is 0 Å². The Morgan fingerprint density at radius 2 is 1.68 bits per heavy atom. The van der Waals surface area contributed by atoms with Crippen LogP contribution in [-0.2, 0) is 0 Å². The molecule has 110 valence electrons. The molecule has 3 aliphatic rings. The zero-order valence-corrected chi connectivity index (χ0v) is 12.6. The Bertz CT molecular complexity index is 267. The Morgan fingerprint density at radius 3 is 2.32 bits per heavy atom. The molecule has 3 fully saturated rings. The van der Waals surface area contributed by atoms with E-state index >= 15 is 0 Å². The van der Waals surface area contributed by atoms with Gasteiger partial charge >= 0.3 is 0 Å². The minimum Gasteiger partial charge on any atom is -0.316 e. The Hall–Kier alpha value is -0.120. The summed E-state index contributed by atoms with van der Waals surface area (Å²) in [6.45, 7) is 11.6. The predicted octanol–water partition coefficient (Wildman–Crippen LogP) is 1.79. The first kappa shape index (κ1) is 13.8. The van der Waals surface area contributed by atoms with Gasteiger partial charge in [-0.15, -0.1) is 0 Å². The van der Waals surface area contributed by atoms with E-state index in [-0.39, 0.29) is 0 Å². The highest BCUT2D eigenvalue weighted by Crippen LogP contribution is 2.23. The summed E-state index contributed by atoms with van der Waals surface area (Å²) in [7, 11) is 0. The molecule has 0 spiro atoms. The molecule has 3 heterocycles. The summed E-state index contributed by atoms with van der Waals surface area (Å²) >= 11 is 0. The van der Waals surface area contributed by atoms with Gasteiger partial charge in [-0.05, 0) is 76.8 Å². The van der Waals surface area contributed by atoms with Crippen molar-refractivity contribution in [1.82, 2.24) is 15.1 Å². The van der Waals surface area contributed by atoms with Gasteiger partial charge in [0.15, 0.2) is 0 Å². The van der Waals surface area contributed by atoms with Crippen molar-refractivity contribution in [1.29, 1.82) is 0 Å². The molecule has 3 saturated heterocycles. The standard InChI is InChI=1S/C16H31N3/c1-14-11-17-12-15(14)13-18-9-5-16(6-10-18)19-7-3-2-4-8-19/h14-17H,2-13H2,1H3. The Morgan fingerprint density at radius 1 is 0.947 bits per heavy atom. The fraction of sp³-hybridized carbons (Fsp3) is 1.00. The van der Waals surface area contributed by atoms with Gasteiger partial charge in [0.05, 0.1) is 0 Å². The normalized spacial score (nSPS) is 35.8. The molecular weight excluding hydrogens is 234 g/mol. The number of likely N-dealkylation sites (tertiary alicyclic amines) is 2. The summed E-state index contributed by atoms with van der Waals surface area (Å²) in [5.74, 6) is 1.77. The molecule has 19 heavy (non-hydrogen) atoms. The van der Waals surface area contributed by atoms with Gasteiger partial charge < -0.3 is 15.1 Å². The third kappa shape index (κ3) is 3.50. The Labute approximate surface area is 118 Å². The third-order valence-electron chi connectivity index (χ3n) is 5.63. The van der Waals surface area contributed by atoms with Crippen molar-refractivity contribution in [3.8, 4) is 0 Å². The van der Waals surface area contributed by atoms with Gasteiger partial charge in [0.1, 0.15) is 0 Å². The highest BCUT2D eigenvalue weighted by atomic mass is 15.2. The average molecular weight is 265 g/mol. The van der Waals surface area contributed by atoms with Crippen LogP contribution in [0.1, 0.15) is 39.0 Å². The van der Waals surface area contributed by atoms with Crippen molar-refractivity contribution in [2.75, 3.05) is 45.8 Å². The van der Waals surface area contributed by atoms with Gasteiger partial charge in [0.2, 0.25) is 0 Å². The molecule has 0 radical (unpaired) electrons. The van der Waals surface area contributed by atoms with Crippen LogP contribution in [0.15, 0.2) is 0 Å². The topological polar surface area (TPSA) is 18.5 Å². The molecule has 3 aliphatic heterocycles. The van der Waals surface area contributed by atoms with E-state index in [1.807, 2.05) is 0 Å². The van der Waals surface area contributed by atoms with Gasteiger partial charge in [-0.1, -0.05) is 13.3 Å². The van der Waals surface area contributed by atoms with E-state index in [4.69, 9.17) is 0 Å². The van der Waals surface area contributed by atoms with Gasteiger partial charge in [-0.25, -0.2) is 0 Å². The van der Waals surface area contributed by atoms with Crippen LogP contribution in [-0.4, -0.2) is 61.7 Å². The summed E-state index contributed by atoms with van der Waals surface area (Å²) in [6, 6.07) is 0.899. The number of hydrogen-bond donors (Lipinski definition) is 1. The van der Waals surface area contributed by atoms with Crippen molar-refractivity contribution >= 4 is 0 Å². The zero-order valence-electron chi connectivity index (χ0n) is 12.6. The lowest BCUT2D eigenvalue weighted by Gasteiger charge is -2.41. The van der Waals surface area contributed by atoms with E-state index in [2.05, 4.69) is 22.0 Å². The molecule has 0 saturated carbocycles. The molecular formula is C16H31N3. The monoisotopic (exact) mass is 265 g/mol. The molecule has 0 aliphatic carbocycles. The lowest BCUT2D eigenvalue weighted by molar-refractivity contribution is 0.0838. The fourth-order valence-electron chi connectivity index (χ4n) is 4.19. The highest BCUT2D eigenvalue weighted by molar-refractivity contribution is 4.85. The van der Waals surface area contributed by atoms with Gasteiger partial charge in [-0.3, -0.25) is 0 Å². The van der Waals surface area contributed by atoms with Crippen LogP contribution in [0.4, 0.5) is 0 Å². The first-order valence-electron chi connectivity index (χ1n) is 8.50. The van der Waals surface area contributed by atoms with E-state index in [1.54, 1.807) is 0 Å². The van der Waals surface area contributed by atoms with Crippen LogP contribution in [0.25, 0.3) is 0 Å². The van der Waals surface area contributed by atoms with Crippen LogP contribution in [0, 0.1) is 11.8 Å². The second-order valence-corrected chi connectivity index (χ2v) is 7.02. The smallest absolute Gasteiger partial charge is 0.0120 e. The molecule has 3 nitrogen and oxygen atoms in total. The van der Waals surface area contributed by atoms with Crippen LogP contribution in [0.2, 0.25) is 0 Å². The molecule has 0 aromatic heterocycles. The second-order valence-electron chi connectivity index (χ2n) is 7.02. The number of nitrogens with zero attached hydrogens (tertiary/aromatic N) is 2. The summed E-state index contributed by atoms with van der Waals surface area (Å²) in [6.07, 6.45) is 7.15. The highest BCUT2D eigenvalue weighted by Gasteiger charge is 2.29. The first-order valence-corrected chi connectivity index (χ1v) is 8.50. The lowest BCUT2D eigenvalue weighted by atomic mass is 9.95. The molecule has 1 N–H and O–H groups in total. The predicted molar refractivity (Wildman–Crippen MR) is 80.4 cm³/mol. The first-order chi connectivity index (χ1) is 9.33. The molecule has 0 amide bonds. The van der Waals surface area contributed by atoms with E-state index < -0.39 is 0 Å². The second kappa shape index (κ2) is 6.55. The lowest BCUT2D eigenvalue weighted by Crippen LogP contribution is -2.47. The van der Waals surface area contributed by atoms with E-state index in [0.717, 1.165) is 17.9 Å². The molecule has 2 unspecified atom stereocenters. The zero-order chi connectivity index (χ0) is 13.1. The van der Waals surface area contributed by atoms with E-state index in [9.17, 15) is 0 Å². The van der Waals surface area contributed by atoms with Crippen LogP contribution < -0.4 is 5.32 Å². The molecule has 3 rings (SSSR count). The molecule has 2 atom stereocenters. The van der Waals surface area contributed by atoms with E-state index in [0.29, 0.717) is 0 Å². The van der Waals surface area contributed by atoms with E-state index in [1.165, 1.54) is 77.9 Å². The maximum Gasteiger partial charge on any atom is 0.0120 e. The maximum absolute atomic E-state index is 3.54. The quantitative estimate of drug-likeness (QED) is 0.839. The number of rotatable bonds is 3. The van der Waals surface area contributed by atoms with Crippen molar-refractivity contribution in [2.45, 2.75) is 45.1 Å². The van der Waals surface area contributed by atoms with Crippen molar-refractivity contribution in [2.24, 2.45) is 11.8 Å². The van der Waals surface area contributed by atoms with Gasteiger partial charge in [0, 0.05) is 12.6 Å². The molecule has 0 bridgehead atoms. The average Bonchev–Trinajstić information content (AvgIpc) is 2.86. The van der Waals surface area contributed by atoms with Crippen LogP contribution in [0.3, 0.4) is 0 Å².